The van der Waals surface area contributed by atoms with Crippen LogP contribution in [-0.4, -0.2) is 42.2 Å². The second-order valence-electron chi connectivity index (χ2n) is 6.61. The first-order valence-corrected chi connectivity index (χ1v) is 8.95. The van der Waals surface area contributed by atoms with E-state index in [9.17, 15) is 13.6 Å². The highest BCUT2D eigenvalue weighted by atomic mass is 35.5. The van der Waals surface area contributed by atoms with Gasteiger partial charge < -0.3 is 24.8 Å². The van der Waals surface area contributed by atoms with Crippen molar-refractivity contribution >= 4 is 18.3 Å². The van der Waals surface area contributed by atoms with Crippen LogP contribution in [0.2, 0.25) is 0 Å². The lowest BCUT2D eigenvalue weighted by atomic mass is 9.87. The summed E-state index contributed by atoms with van der Waals surface area (Å²) in [6.45, 7) is -1.62. The Hall–Kier alpha value is -2.59. The SMILES string of the molecule is Cl.O=C(NCc1cc2c(cc1OC(F)F)OCO2)C1(n2cccn2)CCNCC1. The molecule has 11 heteroatoms. The van der Waals surface area contributed by atoms with Gasteiger partial charge in [-0.3, -0.25) is 9.48 Å². The topological polar surface area (TPSA) is 86.6 Å². The summed E-state index contributed by atoms with van der Waals surface area (Å²) in [4.78, 5) is 13.1. The van der Waals surface area contributed by atoms with Crippen LogP contribution in [0, 0.1) is 0 Å². The van der Waals surface area contributed by atoms with Gasteiger partial charge >= 0.3 is 6.61 Å². The summed E-state index contributed by atoms with van der Waals surface area (Å²) in [5.41, 5.74) is -0.447. The maximum Gasteiger partial charge on any atom is 0.387 e. The summed E-state index contributed by atoms with van der Waals surface area (Å²) < 4.78 is 42.4. The molecule has 0 spiro atoms. The molecule has 0 atom stereocenters. The van der Waals surface area contributed by atoms with Crippen LogP contribution in [0.15, 0.2) is 30.6 Å². The van der Waals surface area contributed by atoms with Gasteiger partial charge in [0, 0.05) is 30.6 Å². The first-order chi connectivity index (χ1) is 13.6. The van der Waals surface area contributed by atoms with Crippen molar-refractivity contribution < 1.29 is 27.8 Å². The molecule has 8 nitrogen and oxygen atoms in total. The number of piperidine rings is 1. The summed E-state index contributed by atoms with van der Waals surface area (Å²) in [7, 11) is 0. The Balaban J connectivity index is 0.00000240. The predicted molar refractivity (Wildman–Crippen MR) is 101 cm³/mol. The lowest BCUT2D eigenvalue weighted by Crippen LogP contribution is -2.54. The lowest BCUT2D eigenvalue weighted by Gasteiger charge is -2.36. The minimum atomic E-state index is -2.99. The number of alkyl halides is 2. The standard InChI is InChI=1S/C18H20F2N4O4.ClH/c19-17(20)28-13-9-15-14(26-11-27-15)8-12(13)10-22-16(25)18(2-5-21-6-3-18)24-7-1-4-23-24;/h1,4,7-9,17,21H,2-3,5-6,10-11H2,(H,22,25);1H. The zero-order valence-corrected chi connectivity index (χ0v) is 16.2. The van der Waals surface area contributed by atoms with Gasteiger partial charge in [0.1, 0.15) is 11.3 Å². The average Bonchev–Trinajstić information content (AvgIpc) is 3.37. The number of carbonyl (C=O) groups is 1. The Labute approximate surface area is 171 Å². The minimum Gasteiger partial charge on any atom is -0.454 e. The molecular formula is C18H21ClF2N4O4. The van der Waals surface area contributed by atoms with Gasteiger partial charge in [-0.05, 0) is 38.1 Å². The third-order valence-corrected chi connectivity index (χ3v) is 5.01. The Kier molecular flexibility index (Phi) is 6.43. The third-order valence-electron chi connectivity index (χ3n) is 5.01. The zero-order valence-electron chi connectivity index (χ0n) is 15.4. The van der Waals surface area contributed by atoms with E-state index in [1.807, 2.05) is 0 Å². The van der Waals surface area contributed by atoms with E-state index in [0.717, 1.165) is 0 Å². The summed E-state index contributed by atoms with van der Waals surface area (Å²) in [5, 5.41) is 10.3. The molecule has 1 saturated heterocycles. The van der Waals surface area contributed by atoms with Gasteiger partial charge in [0.2, 0.25) is 12.7 Å². The second-order valence-corrected chi connectivity index (χ2v) is 6.61. The van der Waals surface area contributed by atoms with E-state index in [-0.39, 0.29) is 37.4 Å². The summed E-state index contributed by atoms with van der Waals surface area (Å²) >= 11 is 0. The average molecular weight is 431 g/mol. The fourth-order valence-electron chi connectivity index (χ4n) is 3.57. The number of nitrogens with zero attached hydrogens (tertiary/aromatic N) is 2. The molecule has 2 N–H and O–H groups in total. The normalized spacial score (nSPS) is 16.9. The number of rotatable bonds is 6. The van der Waals surface area contributed by atoms with Crippen molar-refractivity contribution in [2.75, 3.05) is 19.9 Å². The Morgan fingerprint density at radius 1 is 1.31 bits per heavy atom. The molecular weight excluding hydrogens is 410 g/mol. The first kappa shape index (κ1) is 21.1. The number of nitrogens with one attached hydrogen (secondary N) is 2. The van der Waals surface area contributed by atoms with Gasteiger partial charge in [-0.25, -0.2) is 0 Å². The minimum absolute atomic E-state index is 0. The fraction of sp³-hybridized carbons (Fsp3) is 0.444. The molecule has 0 bridgehead atoms. The molecule has 1 amide bonds. The number of hydrogen-bond acceptors (Lipinski definition) is 6. The molecule has 0 radical (unpaired) electrons. The van der Waals surface area contributed by atoms with Crippen molar-refractivity contribution in [1.82, 2.24) is 20.4 Å². The largest absolute Gasteiger partial charge is 0.454 e. The van der Waals surface area contributed by atoms with Crippen LogP contribution in [0.4, 0.5) is 8.78 Å². The highest BCUT2D eigenvalue weighted by Gasteiger charge is 2.41. The van der Waals surface area contributed by atoms with Crippen molar-refractivity contribution in [2.45, 2.75) is 31.5 Å². The number of fused-ring (bicyclic) bond motifs is 1. The molecule has 3 heterocycles. The number of carbonyl (C=O) groups excluding carboxylic acids is 1. The number of aromatic nitrogens is 2. The number of hydrogen-bond donors (Lipinski definition) is 2. The molecule has 2 aromatic rings. The highest BCUT2D eigenvalue weighted by Crippen LogP contribution is 2.39. The van der Waals surface area contributed by atoms with Crippen molar-refractivity contribution in [2.24, 2.45) is 0 Å². The van der Waals surface area contributed by atoms with Crippen molar-refractivity contribution in [1.29, 1.82) is 0 Å². The molecule has 2 aliphatic rings. The van der Waals surface area contributed by atoms with Crippen LogP contribution in [0.25, 0.3) is 0 Å². The molecule has 0 aliphatic carbocycles. The van der Waals surface area contributed by atoms with E-state index in [0.29, 0.717) is 43.0 Å². The number of benzene rings is 1. The first-order valence-electron chi connectivity index (χ1n) is 8.95. The van der Waals surface area contributed by atoms with Crippen LogP contribution in [0.5, 0.6) is 17.2 Å². The molecule has 0 saturated carbocycles. The van der Waals surface area contributed by atoms with E-state index in [1.54, 1.807) is 29.2 Å². The highest BCUT2D eigenvalue weighted by molar-refractivity contribution is 5.85. The number of amides is 1. The predicted octanol–water partition coefficient (Wildman–Crippen LogP) is 2.03. The molecule has 4 rings (SSSR count). The summed E-state index contributed by atoms with van der Waals surface area (Å²) in [6.07, 6.45) is 4.53. The van der Waals surface area contributed by atoms with Crippen LogP contribution in [0.3, 0.4) is 0 Å². The van der Waals surface area contributed by atoms with E-state index in [2.05, 4.69) is 20.5 Å². The van der Waals surface area contributed by atoms with Crippen LogP contribution in [-0.2, 0) is 16.9 Å². The molecule has 2 aliphatic heterocycles. The molecule has 0 unspecified atom stereocenters. The van der Waals surface area contributed by atoms with Gasteiger partial charge in [0.25, 0.3) is 0 Å². The van der Waals surface area contributed by atoms with Gasteiger partial charge in [-0.1, -0.05) is 0 Å². The van der Waals surface area contributed by atoms with Crippen LogP contribution in [0.1, 0.15) is 18.4 Å². The van der Waals surface area contributed by atoms with Crippen molar-refractivity contribution in [3.8, 4) is 17.2 Å². The van der Waals surface area contributed by atoms with E-state index in [1.165, 1.54) is 6.07 Å². The van der Waals surface area contributed by atoms with Gasteiger partial charge in [0.05, 0.1) is 0 Å². The Morgan fingerprint density at radius 2 is 2.03 bits per heavy atom. The van der Waals surface area contributed by atoms with E-state index in [4.69, 9.17) is 9.47 Å². The quantitative estimate of drug-likeness (QED) is 0.729. The molecule has 1 aromatic carbocycles. The molecule has 1 fully saturated rings. The molecule has 1 aromatic heterocycles. The molecule has 158 valence electrons. The Morgan fingerprint density at radius 3 is 2.69 bits per heavy atom. The van der Waals surface area contributed by atoms with Gasteiger partial charge in [-0.2, -0.15) is 13.9 Å². The zero-order chi connectivity index (χ0) is 19.6. The summed E-state index contributed by atoms with van der Waals surface area (Å²) in [5.74, 6) is 0.475. The fourth-order valence-corrected chi connectivity index (χ4v) is 3.57. The van der Waals surface area contributed by atoms with Crippen molar-refractivity contribution in [3.05, 3.63) is 36.2 Å². The lowest BCUT2D eigenvalue weighted by molar-refractivity contribution is -0.132. The maximum atomic E-state index is 13.1. The Bertz CT molecular complexity index is 845. The monoisotopic (exact) mass is 430 g/mol. The van der Waals surface area contributed by atoms with Crippen LogP contribution < -0.4 is 24.8 Å². The van der Waals surface area contributed by atoms with Gasteiger partial charge in [-0.15, -0.1) is 12.4 Å². The summed E-state index contributed by atoms with van der Waals surface area (Å²) in [6, 6.07) is 4.66. The number of halogens is 3. The van der Waals surface area contributed by atoms with Crippen molar-refractivity contribution in [3.63, 3.8) is 0 Å². The third kappa shape index (κ3) is 4.23. The molecule has 29 heavy (non-hydrogen) atoms. The smallest absolute Gasteiger partial charge is 0.387 e. The second kappa shape index (κ2) is 8.83. The van der Waals surface area contributed by atoms with Crippen LogP contribution >= 0.6 is 12.4 Å². The number of ether oxygens (including phenoxy) is 3. The van der Waals surface area contributed by atoms with Gasteiger partial charge in [0.15, 0.2) is 11.5 Å². The van der Waals surface area contributed by atoms with E-state index < -0.39 is 12.2 Å². The van der Waals surface area contributed by atoms with E-state index >= 15 is 0 Å². The maximum absolute atomic E-state index is 13.1.